The summed E-state index contributed by atoms with van der Waals surface area (Å²) in [5.74, 6) is -1.56. The van der Waals surface area contributed by atoms with Crippen molar-refractivity contribution in [2.24, 2.45) is 0 Å². The lowest BCUT2D eigenvalue weighted by molar-refractivity contribution is -0.0952. The van der Waals surface area contributed by atoms with Crippen LogP contribution in [0, 0.1) is 0 Å². The number of carbonyl (C=O) groups excluding carboxylic acids is 1. The van der Waals surface area contributed by atoms with Gasteiger partial charge in [-0.1, -0.05) is 12.8 Å². The van der Waals surface area contributed by atoms with Crippen LogP contribution in [0.2, 0.25) is 0 Å². The number of hydrogen-bond acceptors (Lipinski definition) is 4. The van der Waals surface area contributed by atoms with Crippen LogP contribution < -0.4 is 0 Å². The maximum atomic E-state index is 12.4. The van der Waals surface area contributed by atoms with E-state index < -0.39 is 5.97 Å². The summed E-state index contributed by atoms with van der Waals surface area (Å²) in [5, 5.41) is 8.82. The molecule has 1 aliphatic heterocycles. The van der Waals surface area contributed by atoms with E-state index in [-0.39, 0.29) is 23.0 Å². The van der Waals surface area contributed by atoms with Gasteiger partial charge in [-0.25, -0.2) is 4.79 Å². The van der Waals surface area contributed by atoms with Crippen molar-refractivity contribution < 1.29 is 23.8 Å². The molecule has 0 unspecified atom stereocenters. The normalized spacial score (nSPS) is 21.3. The van der Waals surface area contributed by atoms with Gasteiger partial charge in [0.15, 0.2) is 5.76 Å². The number of rotatable bonds is 2. The number of carboxylic acid groups (broad SMARTS) is 1. The Morgan fingerprint density at radius 1 is 1.20 bits per heavy atom. The zero-order valence-corrected chi connectivity index (χ0v) is 11.1. The number of furan rings is 1. The Kier molecular flexibility index (Phi) is 3.25. The molecule has 1 amide bonds. The highest BCUT2D eigenvalue weighted by Crippen LogP contribution is 2.36. The molecule has 0 bridgehead atoms. The van der Waals surface area contributed by atoms with Gasteiger partial charge < -0.3 is 19.2 Å². The Balaban J connectivity index is 1.74. The number of hydrogen-bond donors (Lipinski definition) is 1. The van der Waals surface area contributed by atoms with Gasteiger partial charge >= 0.3 is 5.97 Å². The van der Waals surface area contributed by atoms with Gasteiger partial charge in [-0.05, 0) is 25.0 Å². The maximum Gasteiger partial charge on any atom is 0.371 e. The first kappa shape index (κ1) is 13.2. The molecule has 1 saturated carbocycles. The number of carboxylic acids is 1. The van der Waals surface area contributed by atoms with Gasteiger partial charge in [0.1, 0.15) is 0 Å². The van der Waals surface area contributed by atoms with Crippen molar-refractivity contribution in [2.45, 2.75) is 31.3 Å². The highest BCUT2D eigenvalue weighted by Gasteiger charge is 2.41. The number of carbonyl (C=O) groups is 2. The van der Waals surface area contributed by atoms with Gasteiger partial charge in [0.05, 0.1) is 18.8 Å². The van der Waals surface area contributed by atoms with E-state index in [2.05, 4.69) is 0 Å². The van der Waals surface area contributed by atoms with E-state index in [1.165, 1.54) is 12.1 Å². The molecule has 108 valence electrons. The number of ether oxygens (including phenoxy) is 1. The Morgan fingerprint density at radius 3 is 2.55 bits per heavy atom. The topological polar surface area (TPSA) is 80.0 Å². The zero-order chi connectivity index (χ0) is 14.2. The van der Waals surface area contributed by atoms with Crippen LogP contribution in [0.25, 0.3) is 0 Å². The Bertz CT molecular complexity index is 529. The molecule has 1 aromatic rings. The third-order valence-corrected chi connectivity index (χ3v) is 4.08. The largest absolute Gasteiger partial charge is 0.475 e. The Labute approximate surface area is 116 Å². The molecule has 1 N–H and O–H groups in total. The summed E-state index contributed by atoms with van der Waals surface area (Å²) in [6, 6.07) is 2.73. The summed E-state index contributed by atoms with van der Waals surface area (Å²) < 4.78 is 10.9. The van der Waals surface area contributed by atoms with E-state index in [1.807, 2.05) is 0 Å². The second-order valence-electron chi connectivity index (χ2n) is 5.43. The van der Waals surface area contributed by atoms with Gasteiger partial charge in [0.25, 0.3) is 5.91 Å². The second kappa shape index (κ2) is 4.94. The van der Waals surface area contributed by atoms with Crippen molar-refractivity contribution in [2.75, 3.05) is 19.7 Å². The lowest BCUT2D eigenvalue weighted by atomic mass is 9.99. The summed E-state index contributed by atoms with van der Waals surface area (Å²) in [4.78, 5) is 24.8. The quantitative estimate of drug-likeness (QED) is 0.892. The van der Waals surface area contributed by atoms with Crippen LogP contribution in [0.4, 0.5) is 0 Å². The van der Waals surface area contributed by atoms with Crippen molar-refractivity contribution in [1.82, 2.24) is 4.90 Å². The molecule has 1 aromatic heterocycles. The van der Waals surface area contributed by atoms with Gasteiger partial charge in [-0.2, -0.15) is 0 Å². The summed E-state index contributed by atoms with van der Waals surface area (Å²) >= 11 is 0. The molecule has 1 spiro atoms. The van der Waals surface area contributed by atoms with E-state index >= 15 is 0 Å². The predicted molar refractivity (Wildman–Crippen MR) is 68.7 cm³/mol. The number of amides is 1. The standard InChI is InChI=1S/C14H17NO5/c16-12(10-3-4-11(20-10)13(17)18)15-7-8-19-14(9-15)5-1-2-6-14/h3-4H,1-2,5-9H2,(H,17,18). The molecule has 2 heterocycles. The van der Waals surface area contributed by atoms with Gasteiger partial charge in [-0.15, -0.1) is 0 Å². The SMILES string of the molecule is O=C(O)c1ccc(C(=O)N2CCOC3(CCCC3)C2)o1. The van der Waals surface area contributed by atoms with Crippen LogP contribution >= 0.6 is 0 Å². The van der Waals surface area contributed by atoms with Gasteiger partial charge in [0.2, 0.25) is 5.76 Å². The molecule has 20 heavy (non-hydrogen) atoms. The van der Waals surface area contributed by atoms with Crippen LogP contribution in [0.1, 0.15) is 46.8 Å². The minimum absolute atomic E-state index is 0.0810. The number of nitrogens with zero attached hydrogens (tertiary/aromatic N) is 1. The van der Waals surface area contributed by atoms with Crippen LogP contribution in [0.15, 0.2) is 16.5 Å². The minimum Gasteiger partial charge on any atom is -0.475 e. The zero-order valence-electron chi connectivity index (χ0n) is 11.1. The van der Waals surface area contributed by atoms with Crippen LogP contribution in [-0.4, -0.2) is 47.2 Å². The molecule has 1 saturated heterocycles. The summed E-state index contributed by atoms with van der Waals surface area (Å²) in [6.07, 6.45) is 4.22. The first-order valence-electron chi connectivity index (χ1n) is 6.86. The van der Waals surface area contributed by atoms with Crippen molar-refractivity contribution in [3.63, 3.8) is 0 Å². The molecule has 0 aromatic carbocycles. The third kappa shape index (κ3) is 2.31. The smallest absolute Gasteiger partial charge is 0.371 e. The van der Waals surface area contributed by atoms with Gasteiger partial charge in [0, 0.05) is 6.54 Å². The highest BCUT2D eigenvalue weighted by molar-refractivity contribution is 5.93. The average Bonchev–Trinajstić information content (AvgIpc) is 3.08. The van der Waals surface area contributed by atoms with E-state index in [9.17, 15) is 9.59 Å². The van der Waals surface area contributed by atoms with Crippen molar-refractivity contribution >= 4 is 11.9 Å². The van der Waals surface area contributed by atoms with Crippen molar-refractivity contribution in [3.05, 3.63) is 23.7 Å². The Morgan fingerprint density at radius 2 is 1.90 bits per heavy atom. The fourth-order valence-corrected chi connectivity index (χ4v) is 3.06. The van der Waals surface area contributed by atoms with Crippen LogP contribution in [0.5, 0.6) is 0 Å². The molecule has 6 nitrogen and oxygen atoms in total. The molecule has 2 aliphatic rings. The molecule has 0 radical (unpaired) electrons. The Hall–Kier alpha value is -1.82. The van der Waals surface area contributed by atoms with Gasteiger partial charge in [-0.3, -0.25) is 4.79 Å². The summed E-state index contributed by atoms with van der Waals surface area (Å²) in [6.45, 7) is 1.61. The predicted octanol–water partition coefficient (Wildman–Crippen LogP) is 1.76. The lowest BCUT2D eigenvalue weighted by Gasteiger charge is -2.40. The maximum absolute atomic E-state index is 12.4. The highest BCUT2D eigenvalue weighted by atomic mass is 16.5. The number of morpholine rings is 1. The summed E-state index contributed by atoms with van der Waals surface area (Å²) in [5.41, 5.74) is -0.198. The molecule has 2 fully saturated rings. The second-order valence-corrected chi connectivity index (χ2v) is 5.43. The van der Waals surface area contributed by atoms with Crippen LogP contribution in [0.3, 0.4) is 0 Å². The fraction of sp³-hybridized carbons (Fsp3) is 0.571. The van der Waals surface area contributed by atoms with E-state index in [1.54, 1.807) is 4.90 Å². The third-order valence-electron chi connectivity index (χ3n) is 4.08. The summed E-state index contributed by atoms with van der Waals surface area (Å²) in [7, 11) is 0. The average molecular weight is 279 g/mol. The molecular formula is C14H17NO5. The lowest BCUT2D eigenvalue weighted by Crippen LogP contribution is -2.52. The number of aromatic carboxylic acids is 1. The molecule has 0 atom stereocenters. The molecule has 1 aliphatic carbocycles. The first-order valence-corrected chi connectivity index (χ1v) is 6.86. The molecular weight excluding hydrogens is 262 g/mol. The fourth-order valence-electron chi connectivity index (χ4n) is 3.06. The van der Waals surface area contributed by atoms with E-state index in [0.717, 1.165) is 25.7 Å². The first-order chi connectivity index (χ1) is 9.60. The van der Waals surface area contributed by atoms with E-state index in [0.29, 0.717) is 19.7 Å². The monoisotopic (exact) mass is 279 g/mol. The van der Waals surface area contributed by atoms with E-state index in [4.69, 9.17) is 14.3 Å². The van der Waals surface area contributed by atoms with Crippen molar-refractivity contribution in [1.29, 1.82) is 0 Å². The van der Waals surface area contributed by atoms with Crippen molar-refractivity contribution in [3.8, 4) is 0 Å². The minimum atomic E-state index is -1.17. The van der Waals surface area contributed by atoms with Crippen LogP contribution in [-0.2, 0) is 4.74 Å². The molecule has 3 rings (SSSR count). The molecule has 6 heteroatoms.